The Labute approximate surface area is 176 Å². The van der Waals surface area contributed by atoms with Gasteiger partial charge in [0, 0.05) is 28.1 Å². The fraction of sp³-hybridized carbons (Fsp3) is 0.200. The molecule has 4 nitrogen and oxygen atoms in total. The van der Waals surface area contributed by atoms with Gasteiger partial charge in [-0.1, -0.05) is 47.1 Å². The minimum atomic E-state index is -0.357. The maximum absolute atomic E-state index is 13.3. The summed E-state index contributed by atoms with van der Waals surface area (Å²) >= 11 is 13.6. The molecule has 142 valence electrons. The standard InChI is InChI=1S/C20H14Cl2FN3OS/c21-13-5-14(22)7-16(6-13)25-10-26-19(27)8-17(12-1-3-15(23)4-2-12)18(9-24)20(26)28-11-25/h1-7,17H,8,10-11H2/t17-/m1/s1. The van der Waals surface area contributed by atoms with Crippen LogP contribution in [0.3, 0.4) is 0 Å². The van der Waals surface area contributed by atoms with Crippen molar-refractivity contribution in [3.63, 3.8) is 0 Å². The Morgan fingerprint density at radius 1 is 1.14 bits per heavy atom. The summed E-state index contributed by atoms with van der Waals surface area (Å²) in [5, 5.41) is 11.5. The predicted molar refractivity (Wildman–Crippen MR) is 110 cm³/mol. The van der Waals surface area contributed by atoms with E-state index >= 15 is 0 Å². The van der Waals surface area contributed by atoms with Crippen LogP contribution in [0.2, 0.25) is 10.0 Å². The molecule has 0 aliphatic carbocycles. The van der Waals surface area contributed by atoms with Crippen LogP contribution in [0.15, 0.2) is 53.1 Å². The lowest BCUT2D eigenvalue weighted by molar-refractivity contribution is -0.129. The van der Waals surface area contributed by atoms with E-state index in [0.29, 0.717) is 33.2 Å². The average molecular weight is 434 g/mol. The molecular formula is C20H14Cl2FN3OS. The smallest absolute Gasteiger partial charge is 0.229 e. The van der Waals surface area contributed by atoms with Gasteiger partial charge < -0.3 is 4.90 Å². The third-order valence-corrected chi connectivity index (χ3v) is 6.37. The Bertz CT molecular complexity index is 999. The molecule has 2 aromatic rings. The molecule has 0 N–H and O–H groups in total. The van der Waals surface area contributed by atoms with Gasteiger partial charge in [0.25, 0.3) is 0 Å². The van der Waals surface area contributed by atoms with Crippen molar-refractivity contribution in [2.75, 3.05) is 17.4 Å². The maximum Gasteiger partial charge on any atom is 0.229 e. The molecule has 2 aliphatic rings. The third-order valence-electron chi connectivity index (χ3n) is 4.78. The molecule has 0 saturated carbocycles. The summed E-state index contributed by atoms with van der Waals surface area (Å²) in [6, 6.07) is 13.5. The Balaban J connectivity index is 1.67. The molecule has 28 heavy (non-hydrogen) atoms. The summed E-state index contributed by atoms with van der Waals surface area (Å²) in [5.41, 5.74) is 2.12. The van der Waals surface area contributed by atoms with Crippen molar-refractivity contribution in [2.45, 2.75) is 12.3 Å². The molecule has 0 aromatic heterocycles. The van der Waals surface area contributed by atoms with Crippen LogP contribution in [-0.2, 0) is 4.79 Å². The number of halogens is 3. The van der Waals surface area contributed by atoms with Crippen molar-refractivity contribution in [1.29, 1.82) is 5.26 Å². The van der Waals surface area contributed by atoms with Gasteiger partial charge in [-0.3, -0.25) is 9.69 Å². The maximum atomic E-state index is 13.3. The molecule has 1 saturated heterocycles. The number of carbonyl (C=O) groups is 1. The lowest BCUT2D eigenvalue weighted by atomic mass is 9.86. The Morgan fingerprint density at radius 2 is 1.82 bits per heavy atom. The van der Waals surface area contributed by atoms with Crippen molar-refractivity contribution in [3.05, 3.63) is 74.5 Å². The highest BCUT2D eigenvalue weighted by Gasteiger charge is 2.38. The van der Waals surface area contributed by atoms with E-state index in [-0.39, 0.29) is 24.1 Å². The van der Waals surface area contributed by atoms with Crippen LogP contribution in [0.5, 0.6) is 0 Å². The SMILES string of the molecule is N#CC1=C2SCN(c3cc(Cl)cc(Cl)c3)CN2C(=O)C[C@@H]1c1ccc(F)cc1. The second-order valence-electron chi connectivity index (χ2n) is 6.54. The second kappa shape index (κ2) is 7.67. The number of amides is 1. The topological polar surface area (TPSA) is 47.3 Å². The number of hydrogen-bond donors (Lipinski definition) is 0. The highest BCUT2D eigenvalue weighted by molar-refractivity contribution is 8.03. The summed E-state index contributed by atoms with van der Waals surface area (Å²) in [5.74, 6) is -0.226. The quantitative estimate of drug-likeness (QED) is 0.639. The molecule has 1 atom stereocenters. The fourth-order valence-corrected chi connectivity index (χ4v) is 5.11. The lowest BCUT2D eigenvalue weighted by Gasteiger charge is -2.42. The first-order chi connectivity index (χ1) is 13.5. The molecule has 8 heteroatoms. The molecule has 0 spiro atoms. The molecule has 0 radical (unpaired) electrons. The first-order valence-electron chi connectivity index (χ1n) is 8.50. The highest BCUT2D eigenvalue weighted by Crippen LogP contribution is 2.43. The fourth-order valence-electron chi connectivity index (χ4n) is 3.43. The number of anilines is 1. The summed E-state index contributed by atoms with van der Waals surface area (Å²) in [4.78, 5) is 16.5. The zero-order valence-electron chi connectivity index (χ0n) is 14.5. The number of fused-ring (bicyclic) bond motifs is 1. The molecule has 1 amide bonds. The van der Waals surface area contributed by atoms with Crippen molar-refractivity contribution < 1.29 is 9.18 Å². The zero-order valence-corrected chi connectivity index (χ0v) is 16.9. The molecule has 2 aromatic carbocycles. The normalized spacial score (nSPS) is 19.5. The van der Waals surface area contributed by atoms with Gasteiger partial charge in [0.15, 0.2) is 0 Å². The molecule has 0 bridgehead atoms. The first-order valence-corrected chi connectivity index (χ1v) is 10.2. The number of carbonyl (C=O) groups excluding carboxylic acids is 1. The van der Waals surface area contributed by atoms with Crippen LogP contribution in [-0.4, -0.2) is 23.4 Å². The van der Waals surface area contributed by atoms with Gasteiger partial charge in [0.2, 0.25) is 5.91 Å². The summed E-state index contributed by atoms with van der Waals surface area (Å²) in [6.45, 7) is 0.319. The number of hydrogen-bond acceptors (Lipinski definition) is 4. The van der Waals surface area contributed by atoms with Gasteiger partial charge in [-0.25, -0.2) is 4.39 Å². The van der Waals surface area contributed by atoms with E-state index in [4.69, 9.17) is 23.2 Å². The molecule has 1 fully saturated rings. The van der Waals surface area contributed by atoms with E-state index in [9.17, 15) is 14.4 Å². The van der Waals surface area contributed by atoms with Gasteiger partial charge in [-0.05, 0) is 35.9 Å². The third kappa shape index (κ3) is 3.58. The zero-order chi connectivity index (χ0) is 19.8. The molecule has 2 heterocycles. The lowest BCUT2D eigenvalue weighted by Crippen LogP contribution is -2.47. The van der Waals surface area contributed by atoms with Gasteiger partial charge in [-0.15, -0.1) is 0 Å². The van der Waals surface area contributed by atoms with Gasteiger partial charge in [-0.2, -0.15) is 5.26 Å². The van der Waals surface area contributed by atoms with Gasteiger partial charge in [0.05, 0.1) is 29.2 Å². The van der Waals surface area contributed by atoms with Crippen LogP contribution in [0.25, 0.3) is 0 Å². The molecule has 2 aliphatic heterocycles. The van der Waals surface area contributed by atoms with E-state index in [2.05, 4.69) is 6.07 Å². The molecule has 4 rings (SSSR count). The van der Waals surface area contributed by atoms with Gasteiger partial charge >= 0.3 is 0 Å². The predicted octanol–water partition coefficient (Wildman–Crippen LogP) is 5.35. The monoisotopic (exact) mass is 433 g/mol. The Morgan fingerprint density at radius 3 is 2.46 bits per heavy atom. The average Bonchev–Trinajstić information content (AvgIpc) is 2.67. The summed E-state index contributed by atoms with van der Waals surface area (Å²) in [6.07, 6.45) is 0.169. The first kappa shape index (κ1) is 19.1. The van der Waals surface area contributed by atoms with Gasteiger partial charge in [0.1, 0.15) is 5.82 Å². The minimum Gasteiger partial charge on any atom is -0.344 e. The van der Waals surface area contributed by atoms with Crippen molar-refractivity contribution in [1.82, 2.24) is 4.90 Å². The second-order valence-corrected chi connectivity index (χ2v) is 8.35. The summed E-state index contributed by atoms with van der Waals surface area (Å²) in [7, 11) is 0. The van der Waals surface area contributed by atoms with Crippen molar-refractivity contribution in [3.8, 4) is 6.07 Å². The van der Waals surface area contributed by atoms with Crippen LogP contribution in [0, 0.1) is 17.1 Å². The van der Waals surface area contributed by atoms with Crippen molar-refractivity contribution >= 4 is 46.6 Å². The number of thioether (sulfide) groups is 1. The van der Waals surface area contributed by atoms with E-state index in [1.807, 2.05) is 4.90 Å². The molecule has 0 unspecified atom stereocenters. The Kier molecular flexibility index (Phi) is 5.24. The number of nitrogens with zero attached hydrogens (tertiary/aromatic N) is 3. The number of benzene rings is 2. The van der Waals surface area contributed by atoms with E-state index in [0.717, 1.165) is 11.3 Å². The van der Waals surface area contributed by atoms with E-state index in [1.165, 1.54) is 23.9 Å². The van der Waals surface area contributed by atoms with E-state index < -0.39 is 0 Å². The van der Waals surface area contributed by atoms with Crippen LogP contribution in [0.4, 0.5) is 10.1 Å². The van der Waals surface area contributed by atoms with Crippen molar-refractivity contribution in [2.24, 2.45) is 0 Å². The Hall–Kier alpha value is -2.20. The van der Waals surface area contributed by atoms with Crippen LogP contribution in [0.1, 0.15) is 17.9 Å². The molecular weight excluding hydrogens is 420 g/mol. The highest BCUT2D eigenvalue weighted by atomic mass is 35.5. The minimum absolute atomic E-state index is 0.0753. The number of rotatable bonds is 2. The van der Waals surface area contributed by atoms with Crippen LogP contribution >= 0.6 is 35.0 Å². The number of allylic oxidation sites excluding steroid dienone is 1. The summed E-state index contributed by atoms with van der Waals surface area (Å²) < 4.78 is 13.3. The largest absolute Gasteiger partial charge is 0.344 e. The van der Waals surface area contributed by atoms with Crippen LogP contribution < -0.4 is 4.90 Å². The van der Waals surface area contributed by atoms with E-state index in [1.54, 1.807) is 35.2 Å². The number of nitriles is 1.